The topological polar surface area (TPSA) is 59.6 Å². The van der Waals surface area contributed by atoms with Crippen molar-refractivity contribution in [3.63, 3.8) is 0 Å². The van der Waals surface area contributed by atoms with Gasteiger partial charge in [0.25, 0.3) is 5.91 Å². The number of carbonyl (C=O) groups is 1. The number of hydrogen-bond donors (Lipinski definition) is 2. The standard InChI is InChI=1S/C14H15ClF4N2O3/c15-9-2-1-8(5-10(9)16)13-11(7-20-3-4-23-13)24-21-12(22)6-14(17,18)19/h1-2,5,11,13,20H,3-4,6-7H2,(H,21,22)/t11-,13+/m1/s1. The number of halogens is 5. The maximum atomic E-state index is 13.6. The van der Waals surface area contributed by atoms with Crippen molar-refractivity contribution in [1.82, 2.24) is 10.8 Å². The molecule has 1 heterocycles. The number of carbonyl (C=O) groups excluding carboxylic acids is 1. The van der Waals surface area contributed by atoms with Gasteiger partial charge in [-0.05, 0) is 17.7 Å². The van der Waals surface area contributed by atoms with E-state index in [0.717, 1.165) is 6.07 Å². The molecule has 1 saturated heterocycles. The largest absolute Gasteiger partial charge is 0.397 e. The maximum Gasteiger partial charge on any atom is 0.397 e. The summed E-state index contributed by atoms with van der Waals surface area (Å²) in [4.78, 5) is 16.3. The van der Waals surface area contributed by atoms with Crippen LogP contribution in [0.25, 0.3) is 0 Å². The quantitative estimate of drug-likeness (QED) is 0.631. The first-order chi connectivity index (χ1) is 11.3. The third-order valence-corrected chi connectivity index (χ3v) is 3.52. The molecule has 0 unspecified atom stereocenters. The SMILES string of the molecule is O=C(CC(F)(F)F)NO[C@@H]1CNCCO[C@H]1c1ccc(Cl)c(F)c1. The Morgan fingerprint density at radius 1 is 1.46 bits per heavy atom. The van der Waals surface area contributed by atoms with Crippen LogP contribution in [0.5, 0.6) is 0 Å². The fraction of sp³-hybridized carbons (Fsp3) is 0.500. The summed E-state index contributed by atoms with van der Waals surface area (Å²) >= 11 is 5.63. The molecule has 0 aromatic heterocycles. The van der Waals surface area contributed by atoms with E-state index >= 15 is 0 Å². The molecule has 1 amide bonds. The highest BCUT2D eigenvalue weighted by atomic mass is 35.5. The van der Waals surface area contributed by atoms with Gasteiger partial charge in [-0.3, -0.25) is 9.63 Å². The van der Waals surface area contributed by atoms with Crippen molar-refractivity contribution in [1.29, 1.82) is 0 Å². The second-order valence-corrected chi connectivity index (χ2v) is 5.55. The van der Waals surface area contributed by atoms with Gasteiger partial charge in [0.1, 0.15) is 24.4 Å². The first-order valence-electron chi connectivity index (χ1n) is 7.05. The van der Waals surface area contributed by atoms with Gasteiger partial charge in [-0.2, -0.15) is 13.2 Å². The molecule has 5 nitrogen and oxygen atoms in total. The predicted molar refractivity (Wildman–Crippen MR) is 76.7 cm³/mol. The molecule has 0 aliphatic carbocycles. The number of nitrogens with one attached hydrogen (secondary N) is 2. The van der Waals surface area contributed by atoms with E-state index in [1.54, 1.807) is 5.48 Å². The lowest BCUT2D eigenvalue weighted by Crippen LogP contribution is -2.39. The Morgan fingerprint density at radius 3 is 2.88 bits per heavy atom. The lowest BCUT2D eigenvalue weighted by molar-refractivity contribution is -0.170. The number of alkyl halides is 3. The Hall–Kier alpha value is -1.42. The van der Waals surface area contributed by atoms with Crippen LogP contribution in [0.3, 0.4) is 0 Å². The Balaban J connectivity index is 2.06. The maximum absolute atomic E-state index is 13.6. The van der Waals surface area contributed by atoms with Gasteiger partial charge < -0.3 is 10.1 Å². The molecule has 0 spiro atoms. The van der Waals surface area contributed by atoms with Gasteiger partial charge in [0.05, 0.1) is 11.6 Å². The molecular formula is C14H15ClF4N2O3. The van der Waals surface area contributed by atoms with E-state index in [9.17, 15) is 22.4 Å². The van der Waals surface area contributed by atoms with Crippen molar-refractivity contribution in [2.45, 2.75) is 24.8 Å². The van der Waals surface area contributed by atoms with Crippen molar-refractivity contribution < 1.29 is 31.9 Å². The zero-order chi connectivity index (χ0) is 17.7. The van der Waals surface area contributed by atoms with Crippen LogP contribution >= 0.6 is 11.6 Å². The van der Waals surface area contributed by atoms with E-state index in [4.69, 9.17) is 21.2 Å². The molecule has 1 fully saturated rings. The molecule has 134 valence electrons. The van der Waals surface area contributed by atoms with E-state index in [-0.39, 0.29) is 18.2 Å². The van der Waals surface area contributed by atoms with E-state index in [1.807, 2.05) is 0 Å². The zero-order valence-corrected chi connectivity index (χ0v) is 13.1. The Bertz CT molecular complexity index is 586. The Kier molecular flexibility index (Phi) is 6.39. The third kappa shape index (κ3) is 5.59. The molecular weight excluding hydrogens is 356 g/mol. The molecule has 2 rings (SSSR count). The third-order valence-electron chi connectivity index (χ3n) is 3.22. The molecule has 0 radical (unpaired) electrons. The van der Waals surface area contributed by atoms with E-state index < -0.39 is 36.5 Å². The van der Waals surface area contributed by atoms with Gasteiger partial charge in [-0.1, -0.05) is 17.7 Å². The molecule has 2 N–H and O–H groups in total. The first kappa shape index (κ1) is 18.9. The van der Waals surface area contributed by atoms with Crippen LogP contribution < -0.4 is 10.8 Å². The van der Waals surface area contributed by atoms with Gasteiger partial charge in [-0.15, -0.1) is 0 Å². The van der Waals surface area contributed by atoms with Crippen molar-refractivity contribution in [3.8, 4) is 0 Å². The number of hydroxylamine groups is 1. The second kappa shape index (κ2) is 8.11. The van der Waals surface area contributed by atoms with Crippen molar-refractivity contribution in [3.05, 3.63) is 34.6 Å². The molecule has 24 heavy (non-hydrogen) atoms. The predicted octanol–water partition coefficient (Wildman–Crippen LogP) is 2.51. The molecule has 1 aromatic carbocycles. The summed E-state index contributed by atoms with van der Waals surface area (Å²) < 4.78 is 55.6. The molecule has 2 atom stereocenters. The smallest absolute Gasteiger partial charge is 0.369 e. The average molecular weight is 371 g/mol. The van der Waals surface area contributed by atoms with E-state index in [2.05, 4.69) is 5.32 Å². The van der Waals surface area contributed by atoms with Crippen LogP contribution in [0.4, 0.5) is 17.6 Å². The normalized spacial score (nSPS) is 22.0. The summed E-state index contributed by atoms with van der Waals surface area (Å²) in [7, 11) is 0. The minimum atomic E-state index is -4.63. The van der Waals surface area contributed by atoms with Crippen LogP contribution in [-0.2, 0) is 14.4 Å². The molecule has 1 aliphatic rings. The summed E-state index contributed by atoms with van der Waals surface area (Å²) in [5, 5.41) is 2.88. The van der Waals surface area contributed by atoms with Crippen molar-refractivity contribution in [2.24, 2.45) is 0 Å². The molecule has 0 saturated carbocycles. The Morgan fingerprint density at radius 2 is 2.21 bits per heavy atom. The minimum absolute atomic E-state index is 0.0681. The van der Waals surface area contributed by atoms with Crippen molar-refractivity contribution >= 4 is 17.5 Å². The highest BCUT2D eigenvalue weighted by Gasteiger charge is 2.33. The van der Waals surface area contributed by atoms with Crippen LogP contribution in [0.2, 0.25) is 5.02 Å². The summed E-state index contributed by atoms with van der Waals surface area (Å²) in [6, 6.07) is 4.02. The highest BCUT2D eigenvalue weighted by molar-refractivity contribution is 6.30. The zero-order valence-electron chi connectivity index (χ0n) is 12.3. The van der Waals surface area contributed by atoms with E-state index in [0.29, 0.717) is 12.1 Å². The molecule has 0 bridgehead atoms. The number of rotatable bonds is 4. The summed E-state index contributed by atoms with van der Waals surface area (Å²) in [5.41, 5.74) is 2.16. The fourth-order valence-corrected chi connectivity index (χ4v) is 2.30. The van der Waals surface area contributed by atoms with Gasteiger partial charge in [0.15, 0.2) is 0 Å². The van der Waals surface area contributed by atoms with Crippen molar-refractivity contribution in [2.75, 3.05) is 19.7 Å². The van der Waals surface area contributed by atoms with E-state index in [1.165, 1.54) is 12.1 Å². The molecule has 1 aliphatic heterocycles. The number of hydrogen-bond acceptors (Lipinski definition) is 4. The minimum Gasteiger partial charge on any atom is -0.369 e. The average Bonchev–Trinajstić information content (AvgIpc) is 2.71. The fourth-order valence-electron chi connectivity index (χ4n) is 2.18. The van der Waals surface area contributed by atoms with Crippen LogP contribution in [0.15, 0.2) is 18.2 Å². The summed E-state index contributed by atoms with van der Waals surface area (Å²) in [6.07, 6.45) is -7.92. The number of benzene rings is 1. The van der Waals surface area contributed by atoms with Gasteiger partial charge in [-0.25, -0.2) is 9.87 Å². The summed E-state index contributed by atoms with van der Waals surface area (Å²) in [5.74, 6) is -1.98. The second-order valence-electron chi connectivity index (χ2n) is 5.14. The molecule has 10 heteroatoms. The number of ether oxygens (including phenoxy) is 1. The van der Waals surface area contributed by atoms with Crippen LogP contribution in [0.1, 0.15) is 18.1 Å². The first-order valence-corrected chi connectivity index (χ1v) is 7.42. The lowest BCUT2D eigenvalue weighted by atomic mass is 10.0. The lowest BCUT2D eigenvalue weighted by Gasteiger charge is -2.25. The highest BCUT2D eigenvalue weighted by Crippen LogP contribution is 2.27. The monoisotopic (exact) mass is 370 g/mol. The summed E-state index contributed by atoms with van der Waals surface area (Å²) in [6.45, 7) is 0.954. The van der Waals surface area contributed by atoms with Gasteiger partial charge in [0.2, 0.25) is 0 Å². The van der Waals surface area contributed by atoms with Gasteiger partial charge >= 0.3 is 6.18 Å². The molecule has 1 aromatic rings. The van der Waals surface area contributed by atoms with Gasteiger partial charge in [0, 0.05) is 13.1 Å². The van der Waals surface area contributed by atoms with Crippen LogP contribution in [-0.4, -0.2) is 37.9 Å². The number of amides is 1. The Labute approximate surface area is 140 Å². The van der Waals surface area contributed by atoms with Crippen LogP contribution in [0, 0.1) is 5.82 Å².